The van der Waals surface area contributed by atoms with E-state index in [4.69, 9.17) is 5.10 Å². The summed E-state index contributed by atoms with van der Waals surface area (Å²) in [5.41, 5.74) is -0.596. The van der Waals surface area contributed by atoms with Crippen LogP contribution in [0.3, 0.4) is 0 Å². The minimum Gasteiger partial charge on any atom is -0.390 e. The molecule has 4 aromatic rings. The first-order chi connectivity index (χ1) is 16.6. The predicted molar refractivity (Wildman–Crippen MR) is 122 cm³/mol. The second-order valence-electron chi connectivity index (χ2n) is 9.08. The molecular weight excluding hydrogens is 461 g/mol. The third-order valence-corrected chi connectivity index (χ3v) is 6.32. The van der Waals surface area contributed by atoms with Crippen molar-refractivity contribution in [3.63, 3.8) is 0 Å². The van der Waals surface area contributed by atoms with Gasteiger partial charge in [-0.25, -0.2) is 9.67 Å². The Hall–Kier alpha value is -3.73. The Kier molecular flexibility index (Phi) is 5.59. The lowest BCUT2D eigenvalue weighted by atomic mass is 9.84. The highest BCUT2D eigenvalue weighted by Gasteiger charge is 2.33. The molecule has 8 nitrogen and oxygen atoms in total. The van der Waals surface area contributed by atoms with Crippen LogP contribution in [0.25, 0.3) is 16.6 Å². The van der Waals surface area contributed by atoms with Gasteiger partial charge in [-0.2, -0.15) is 23.4 Å². The molecule has 1 aliphatic rings. The van der Waals surface area contributed by atoms with Gasteiger partial charge in [0.15, 0.2) is 0 Å². The van der Waals surface area contributed by atoms with Crippen molar-refractivity contribution in [2.45, 2.75) is 50.4 Å². The van der Waals surface area contributed by atoms with Gasteiger partial charge in [-0.15, -0.1) is 0 Å². The fraction of sp³-hybridized carbons (Fsp3) is 0.333. The van der Waals surface area contributed by atoms with Crippen LogP contribution >= 0.6 is 0 Å². The summed E-state index contributed by atoms with van der Waals surface area (Å²) in [7, 11) is 0. The number of benzene rings is 1. The van der Waals surface area contributed by atoms with Crippen molar-refractivity contribution in [2.75, 3.05) is 5.32 Å². The van der Waals surface area contributed by atoms with E-state index < -0.39 is 23.4 Å². The van der Waals surface area contributed by atoms with E-state index in [9.17, 15) is 23.1 Å². The van der Waals surface area contributed by atoms with Crippen LogP contribution in [0.2, 0.25) is 0 Å². The monoisotopic (exact) mass is 484 g/mol. The van der Waals surface area contributed by atoms with Gasteiger partial charge in [0.1, 0.15) is 11.4 Å². The molecule has 0 atom stereocenters. The maximum absolute atomic E-state index is 13.1. The highest BCUT2D eigenvalue weighted by Crippen LogP contribution is 2.36. The molecule has 182 valence electrons. The molecule has 1 fully saturated rings. The van der Waals surface area contributed by atoms with Gasteiger partial charge in [0, 0.05) is 24.0 Å². The van der Waals surface area contributed by atoms with Crippen LogP contribution in [0.15, 0.2) is 55.0 Å². The fourth-order valence-corrected chi connectivity index (χ4v) is 4.36. The number of hydrogen-bond donors (Lipinski definition) is 2. The van der Waals surface area contributed by atoms with Crippen molar-refractivity contribution < 1.29 is 23.1 Å². The molecule has 3 aromatic heterocycles. The first-order valence-corrected chi connectivity index (χ1v) is 11.2. The summed E-state index contributed by atoms with van der Waals surface area (Å²) in [6, 6.07) is 8.55. The number of pyridine rings is 1. The van der Waals surface area contributed by atoms with E-state index in [-0.39, 0.29) is 11.7 Å². The van der Waals surface area contributed by atoms with Gasteiger partial charge in [0.25, 0.3) is 5.91 Å². The summed E-state index contributed by atoms with van der Waals surface area (Å²) in [5.74, 6) is -0.772. The molecule has 1 aliphatic carbocycles. The predicted octanol–water partition coefficient (Wildman–Crippen LogP) is 4.75. The molecule has 0 bridgehead atoms. The first kappa shape index (κ1) is 23.0. The van der Waals surface area contributed by atoms with Crippen LogP contribution in [0.1, 0.15) is 54.8 Å². The summed E-state index contributed by atoms with van der Waals surface area (Å²) in [5, 5.41) is 22.6. The minimum atomic E-state index is -4.66. The Bertz CT molecular complexity index is 1370. The summed E-state index contributed by atoms with van der Waals surface area (Å²) >= 11 is 0. The number of amides is 1. The van der Waals surface area contributed by atoms with Crippen molar-refractivity contribution in [1.82, 2.24) is 24.5 Å². The van der Waals surface area contributed by atoms with Gasteiger partial charge in [-0.3, -0.25) is 9.48 Å². The number of alkyl halides is 3. The number of rotatable bonds is 4. The normalized spacial score (nSPS) is 20.8. The minimum absolute atomic E-state index is 0.142. The molecule has 3 heterocycles. The van der Waals surface area contributed by atoms with E-state index in [2.05, 4.69) is 15.4 Å². The number of aromatic nitrogens is 5. The maximum Gasteiger partial charge on any atom is 0.433 e. The summed E-state index contributed by atoms with van der Waals surface area (Å²) in [6.45, 7) is 1.84. The summed E-state index contributed by atoms with van der Waals surface area (Å²) in [6.07, 6.45) is 3.43. The van der Waals surface area contributed by atoms with Crippen LogP contribution in [0, 0.1) is 0 Å². The number of nitrogens with one attached hydrogen (secondary N) is 1. The zero-order valence-corrected chi connectivity index (χ0v) is 18.8. The Morgan fingerprint density at radius 3 is 2.66 bits per heavy atom. The van der Waals surface area contributed by atoms with E-state index >= 15 is 0 Å². The second kappa shape index (κ2) is 8.49. The number of nitrogens with zero attached hydrogens (tertiary/aromatic N) is 5. The van der Waals surface area contributed by atoms with Crippen LogP contribution in [-0.2, 0) is 6.18 Å². The topological polar surface area (TPSA) is 97.9 Å². The van der Waals surface area contributed by atoms with Gasteiger partial charge < -0.3 is 10.4 Å². The van der Waals surface area contributed by atoms with Crippen molar-refractivity contribution in [2.24, 2.45) is 0 Å². The van der Waals surface area contributed by atoms with E-state index in [0.29, 0.717) is 29.7 Å². The van der Waals surface area contributed by atoms with Gasteiger partial charge in [-0.05, 0) is 62.9 Å². The van der Waals surface area contributed by atoms with Gasteiger partial charge in [-0.1, -0.05) is 6.07 Å². The summed E-state index contributed by atoms with van der Waals surface area (Å²) < 4.78 is 42.6. The number of carbonyl (C=O) groups excluding carboxylic acids is 1. The molecule has 0 unspecified atom stereocenters. The zero-order chi connectivity index (χ0) is 24.8. The summed E-state index contributed by atoms with van der Waals surface area (Å²) in [4.78, 5) is 16.3. The molecule has 1 amide bonds. The van der Waals surface area contributed by atoms with E-state index in [1.807, 2.05) is 17.8 Å². The fourth-order valence-electron chi connectivity index (χ4n) is 4.36. The third kappa shape index (κ3) is 4.76. The number of carbonyl (C=O) groups is 1. The van der Waals surface area contributed by atoms with E-state index in [1.165, 1.54) is 6.07 Å². The smallest absolute Gasteiger partial charge is 0.390 e. The van der Waals surface area contributed by atoms with Gasteiger partial charge in [0.05, 0.1) is 28.5 Å². The third-order valence-electron chi connectivity index (χ3n) is 6.32. The quantitative estimate of drug-likeness (QED) is 0.436. The van der Waals surface area contributed by atoms with Gasteiger partial charge >= 0.3 is 6.18 Å². The molecule has 35 heavy (non-hydrogen) atoms. The lowest BCUT2D eigenvalue weighted by Gasteiger charge is -2.33. The standard InChI is InChI=1S/C24H23F3N6O2/c1-23(35)8-6-16(7-9-23)33-14-15-12-19(20(13-18(15)31-33)32-11-3-10-28-32)30-22(34)17-4-2-5-21(29-17)24(25,26)27/h2-5,10-14,16,35H,6-9H2,1H3,(H,30,34)/t16-,23-. The average Bonchev–Trinajstić information content (AvgIpc) is 3.48. The highest BCUT2D eigenvalue weighted by molar-refractivity contribution is 6.05. The average molecular weight is 484 g/mol. The van der Waals surface area contributed by atoms with Crippen LogP contribution in [-0.4, -0.2) is 41.2 Å². The Morgan fingerprint density at radius 2 is 1.97 bits per heavy atom. The number of hydrogen-bond acceptors (Lipinski definition) is 5. The highest BCUT2D eigenvalue weighted by atomic mass is 19.4. The molecule has 2 N–H and O–H groups in total. The molecule has 1 saturated carbocycles. The SMILES string of the molecule is C[C@]1(O)CC[C@H](n2cc3cc(NC(=O)c4cccc(C(F)(F)F)n4)c(-n4cccn4)cc3n2)CC1. The molecule has 0 radical (unpaired) electrons. The Balaban J connectivity index is 1.49. The largest absolute Gasteiger partial charge is 0.433 e. The lowest BCUT2D eigenvalue weighted by molar-refractivity contribution is -0.141. The molecule has 0 saturated heterocycles. The Labute approximate surface area is 198 Å². The molecular formula is C24H23F3N6O2. The maximum atomic E-state index is 13.1. The van der Waals surface area contributed by atoms with Crippen LogP contribution < -0.4 is 5.32 Å². The van der Waals surface area contributed by atoms with Gasteiger partial charge in [0.2, 0.25) is 0 Å². The number of aliphatic hydroxyl groups is 1. The lowest BCUT2D eigenvalue weighted by Crippen LogP contribution is -2.31. The van der Waals surface area contributed by atoms with Crippen molar-refractivity contribution in [3.05, 3.63) is 66.4 Å². The zero-order valence-electron chi connectivity index (χ0n) is 18.8. The first-order valence-electron chi connectivity index (χ1n) is 11.2. The van der Waals surface area contributed by atoms with E-state index in [0.717, 1.165) is 30.4 Å². The number of fused-ring (bicyclic) bond motifs is 1. The molecule has 0 spiro atoms. The van der Waals surface area contributed by atoms with Crippen molar-refractivity contribution >= 4 is 22.5 Å². The Morgan fingerprint density at radius 1 is 1.20 bits per heavy atom. The number of halogens is 3. The van der Waals surface area contributed by atoms with Crippen molar-refractivity contribution in [3.8, 4) is 5.69 Å². The molecule has 0 aliphatic heterocycles. The number of anilines is 1. The molecule has 11 heteroatoms. The van der Waals surface area contributed by atoms with E-state index in [1.54, 1.807) is 35.3 Å². The van der Waals surface area contributed by atoms with Crippen LogP contribution in [0.5, 0.6) is 0 Å². The molecule has 1 aromatic carbocycles. The second-order valence-corrected chi connectivity index (χ2v) is 9.08. The molecule has 5 rings (SSSR count). The van der Waals surface area contributed by atoms with Crippen LogP contribution in [0.4, 0.5) is 18.9 Å². The van der Waals surface area contributed by atoms with Crippen molar-refractivity contribution in [1.29, 1.82) is 0 Å².